The van der Waals surface area contributed by atoms with Gasteiger partial charge >= 0.3 is 0 Å². The molecule has 0 fully saturated rings. The zero-order valence-electron chi connectivity index (χ0n) is 10.3. The van der Waals surface area contributed by atoms with Crippen LogP contribution in [0.4, 0.5) is 0 Å². The van der Waals surface area contributed by atoms with Gasteiger partial charge in [0, 0.05) is 4.92 Å². The van der Waals surface area contributed by atoms with Crippen molar-refractivity contribution in [3.05, 3.63) is 45.5 Å². The number of hydrogen-bond acceptors (Lipinski definition) is 2. The van der Waals surface area contributed by atoms with Gasteiger partial charge in [0.25, 0.3) is 0 Å². The first-order chi connectivity index (χ1) is 7.07. The fourth-order valence-corrected chi connectivity index (χ4v) is 1.01. The van der Waals surface area contributed by atoms with Crippen LogP contribution in [0.15, 0.2) is 24.3 Å². The largest absolute Gasteiger partial charge is 0.265 e. The monoisotopic (exact) mass is 227 g/mol. The van der Waals surface area contributed by atoms with Crippen molar-refractivity contribution in [2.75, 3.05) is 7.05 Å². The number of hydrogen-bond donors (Lipinski definition) is 0. The van der Waals surface area contributed by atoms with Crippen LogP contribution in [0.5, 0.6) is 0 Å². The lowest BCUT2D eigenvalue weighted by atomic mass is 10.1. The molecular formula is C13H25NO2. The number of rotatable bonds is 1. The molecule has 3 nitrogen and oxygen atoms in total. The van der Waals surface area contributed by atoms with Gasteiger partial charge in [0.05, 0.1) is 0 Å². The fourth-order valence-electron chi connectivity index (χ4n) is 1.01. The Labute approximate surface area is 99.7 Å². The number of benzene rings is 1. The van der Waals surface area contributed by atoms with Crippen LogP contribution in [0.3, 0.4) is 0 Å². The van der Waals surface area contributed by atoms with Crippen molar-refractivity contribution in [1.82, 2.24) is 0 Å². The predicted octanol–water partition coefficient (Wildman–Crippen LogP) is 4.11. The molecule has 1 aromatic rings. The molecule has 94 valence electrons. The zero-order valence-corrected chi connectivity index (χ0v) is 10.3. The van der Waals surface area contributed by atoms with E-state index in [1.807, 2.05) is 13.8 Å². The SMILES string of the molecule is C.CC.CCc1ccccc1C.C[N+](=O)[O-]. The first-order valence-corrected chi connectivity index (χ1v) is 5.20. The van der Waals surface area contributed by atoms with Gasteiger partial charge in [-0.3, -0.25) is 10.1 Å². The predicted molar refractivity (Wildman–Crippen MR) is 71.6 cm³/mol. The summed E-state index contributed by atoms with van der Waals surface area (Å²) in [5.74, 6) is 0. The lowest BCUT2D eigenvalue weighted by molar-refractivity contribution is -0.445. The van der Waals surface area contributed by atoms with Gasteiger partial charge in [0.1, 0.15) is 0 Å². The topological polar surface area (TPSA) is 43.1 Å². The van der Waals surface area contributed by atoms with E-state index in [2.05, 4.69) is 38.1 Å². The van der Waals surface area contributed by atoms with Crippen molar-refractivity contribution in [2.24, 2.45) is 0 Å². The molecular weight excluding hydrogens is 202 g/mol. The summed E-state index contributed by atoms with van der Waals surface area (Å²) in [7, 11) is 0.889. The highest BCUT2D eigenvalue weighted by Gasteiger charge is 1.89. The highest BCUT2D eigenvalue weighted by molar-refractivity contribution is 5.24. The molecule has 0 heterocycles. The molecule has 0 saturated carbocycles. The Bertz CT molecular complexity index is 268. The van der Waals surface area contributed by atoms with Gasteiger partial charge in [0.2, 0.25) is 0 Å². The van der Waals surface area contributed by atoms with E-state index in [9.17, 15) is 0 Å². The summed E-state index contributed by atoms with van der Waals surface area (Å²) >= 11 is 0. The molecule has 1 aromatic carbocycles. The molecule has 0 amide bonds. The Morgan fingerprint density at radius 3 is 1.88 bits per heavy atom. The van der Waals surface area contributed by atoms with Gasteiger partial charge in [0.15, 0.2) is 7.05 Å². The van der Waals surface area contributed by atoms with E-state index in [-0.39, 0.29) is 7.43 Å². The Balaban J connectivity index is -0.000000209. The smallest absolute Gasteiger partial charge is 0.194 e. The number of nitrogens with zero attached hydrogens (tertiary/aromatic N) is 1. The van der Waals surface area contributed by atoms with E-state index in [4.69, 9.17) is 10.1 Å². The van der Waals surface area contributed by atoms with Gasteiger partial charge in [-0.1, -0.05) is 52.5 Å². The standard InChI is InChI=1S/C9H12.C2H6.CH3NO2.CH4/c1-3-9-7-5-4-6-8(9)2;1-2;1-2(3)4;/h4-7H,3H2,1-2H3;1-2H3;1H3;1H4. The molecule has 0 unspecified atom stereocenters. The third-order valence-electron chi connectivity index (χ3n) is 1.64. The lowest BCUT2D eigenvalue weighted by Gasteiger charge is -1.98. The van der Waals surface area contributed by atoms with Gasteiger partial charge < -0.3 is 0 Å². The van der Waals surface area contributed by atoms with Gasteiger partial charge in [-0.15, -0.1) is 0 Å². The zero-order chi connectivity index (χ0) is 12.3. The molecule has 16 heavy (non-hydrogen) atoms. The maximum absolute atomic E-state index is 8.81. The molecule has 1 rings (SSSR count). The number of nitro groups is 1. The van der Waals surface area contributed by atoms with E-state index >= 15 is 0 Å². The second-order valence-corrected chi connectivity index (χ2v) is 2.72. The van der Waals surface area contributed by atoms with Gasteiger partial charge in [-0.2, -0.15) is 0 Å². The van der Waals surface area contributed by atoms with E-state index in [0.717, 1.165) is 13.5 Å². The quantitative estimate of drug-likeness (QED) is 0.535. The molecule has 3 heteroatoms. The molecule has 0 aliphatic rings. The molecule has 0 aliphatic heterocycles. The minimum Gasteiger partial charge on any atom is -0.265 e. The third kappa shape index (κ3) is 12.6. The summed E-state index contributed by atoms with van der Waals surface area (Å²) in [6.07, 6.45) is 1.15. The summed E-state index contributed by atoms with van der Waals surface area (Å²) in [5.41, 5.74) is 2.86. The molecule has 0 aromatic heterocycles. The van der Waals surface area contributed by atoms with Crippen LogP contribution in [0.25, 0.3) is 0 Å². The molecule has 0 radical (unpaired) electrons. The minimum atomic E-state index is -0.500. The Morgan fingerprint density at radius 2 is 1.62 bits per heavy atom. The first-order valence-electron chi connectivity index (χ1n) is 5.20. The van der Waals surface area contributed by atoms with Crippen molar-refractivity contribution < 1.29 is 4.92 Å². The van der Waals surface area contributed by atoms with Gasteiger partial charge in [-0.25, -0.2) is 0 Å². The van der Waals surface area contributed by atoms with Crippen LogP contribution in [0, 0.1) is 17.0 Å². The third-order valence-corrected chi connectivity index (χ3v) is 1.64. The Hall–Kier alpha value is -1.38. The summed E-state index contributed by atoms with van der Waals surface area (Å²) in [5, 5.41) is 8.81. The van der Waals surface area contributed by atoms with Crippen molar-refractivity contribution >= 4 is 0 Å². The van der Waals surface area contributed by atoms with Crippen molar-refractivity contribution in [3.8, 4) is 0 Å². The van der Waals surface area contributed by atoms with Crippen LogP contribution in [0.2, 0.25) is 0 Å². The molecule has 0 saturated heterocycles. The van der Waals surface area contributed by atoms with Crippen molar-refractivity contribution in [2.45, 2.75) is 41.5 Å². The molecule has 0 atom stereocenters. The summed E-state index contributed by atoms with van der Waals surface area (Å²) in [4.78, 5) is 8.31. The van der Waals surface area contributed by atoms with Crippen LogP contribution < -0.4 is 0 Å². The maximum Gasteiger partial charge on any atom is 0.194 e. The lowest BCUT2D eigenvalue weighted by Crippen LogP contribution is -1.82. The maximum atomic E-state index is 8.81. The molecule has 0 spiro atoms. The van der Waals surface area contributed by atoms with E-state index in [1.54, 1.807) is 0 Å². The highest BCUT2D eigenvalue weighted by Crippen LogP contribution is 2.06. The summed E-state index contributed by atoms with van der Waals surface area (Å²) in [6.45, 7) is 8.33. The minimum absolute atomic E-state index is 0. The van der Waals surface area contributed by atoms with Crippen molar-refractivity contribution in [3.63, 3.8) is 0 Å². The average molecular weight is 227 g/mol. The average Bonchev–Trinajstić information content (AvgIpc) is 2.21. The fraction of sp³-hybridized carbons (Fsp3) is 0.538. The molecule has 0 aliphatic carbocycles. The van der Waals surface area contributed by atoms with Crippen LogP contribution in [0.1, 0.15) is 39.3 Å². The summed E-state index contributed by atoms with van der Waals surface area (Å²) < 4.78 is 0. The highest BCUT2D eigenvalue weighted by atomic mass is 16.6. The Kier molecular flexibility index (Phi) is 17.1. The summed E-state index contributed by atoms with van der Waals surface area (Å²) in [6, 6.07) is 8.49. The molecule has 0 N–H and O–H groups in total. The molecule has 0 bridgehead atoms. The van der Waals surface area contributed by atoms with E-state index in [1.165, 1.54) is 11.1 Å². The van der Waals surface area contributed by atoms with Crippen LogP contribution >= 0.6 is 0 Å². The second-order valence-electron chi connectivity index (χ2n) is 2.72. The van der Waals surface area contributed by atoms with E-state index < -0.39 is 4.92 Å². The second kappa shape index (κ2) is 13.6. The number of aryl methyl sites for hydroxylation is 2. The van der Waals surface area contributed by atoms with E-state index in [0.29, 0.717) is 0 Å². The van der Waals surface area contributed by atoms with Crippen LogP contribution in [-0.4, -0.2) is 12.0 Å². The van der Waals surface area contributed by atoms with Crippen molar-refractivity contribution in [1.29, 1.82) is 0 Å². The first kappa shape index (κ1) is 20.1. The Morgan fingerprint density at radius 1 is 1.25 bits per heavy atom. The van der Waals surface area contributed by atoms with Crippen LogP contribution in [-0.2, 0) is 6.42 Å². The van der Waals surface area contributed by atoms with Gasteiger partial charge in [-0.05, 0) is 24.5 Å². The normalized spacial score (nSPS) is 7.31.